The molecule has 4 heterocycles. The fourth-order valence-corrected chi connectivity index (χ4v) is 3.96. The maximum Gasteiger partial charge on any atom is 0.276 e. The van der Waals surface area contributed by atoms with Gasteiger partial charge >= 0.3 is 0 Å². The van der Waals surface area contributed by atoms with Crippen LogP contribution >= 0.6 is 0 Å². The molecule has 1 saturated heterocycles. The van der Waals surface area contributed by atoms with Crippen LogP contribution in [0.3, 0.4) is 0 Å². The van der Waals surface area contributed by atoms with Crippen LogP contribution in [0.1, 0.15) is 34.6 Å². The van der Waals surface area contributed by atoms with Crippen molar-refractivity contribution in [2.24, 2.45) is 0 Å². The number of nitrogens with zero attached hydrogens (tertiary/aromatic N) is 3. The van der Waals surface area contributed by atoms with Gasteiger partial charge in [0.2, 0.25) is 0 Å². The molecule has 5 rings (SSSR count). The first-order valence-electron chi connectivity index (χ1n) is 10.3. The van der Waals surface area contributed by atoms with Crippen molar-refractivity contribution in [1.29, 1.82) is 0 Å². The minimum absolute atomic E-state index is 0.244. The van der Waals surface area contributed by atoms with Gasteiger partial charge in [-0.25, -0.2) is 4.98 Å². The SMILES string of the molecule is Cc1[nH]nc(C(=O)Nc2cnc3[nH]c(-c4ccc(N5CCCC5)cc4)cc3c2)c1C. The highest BCUT2D eigenvalue weighted by atomic mass is 16.1. The number of nitrogens with one attached hydrogen (secondary N) is 3. The van der Waals surface area contributed by atoms with Gasteiger partial charge in [-0.3, -0.25) is 9.89 Å². The summed E-state index contributed by atoms with van der Waals surface area (Å²) in [5.41, 5.74) is 6.97. The minimum atomic E-state index is -0.244. The predicted molar refractivity (Wildman–Crippen MR) is 119 cm³/mol. The van der Waals surface area contributed by atoms with Gasteiger partial charge in [0.15, 0.2) is 5.69 Å². The molecule has 1 aromatic carbocycles. The smallest absolute Gasteiger partial charge is 0.276 e. The third-order valence-electron chi connectivity index (χ3n) is 5.85. The molecular weight excluding hydrogens is 376 g/mol. The van der Waals surface area contributed by atoms with E-state index in [1.165, 1.54) is 18.5 Å². The van der Waals surface area contributed by atoms with Gasteiger partial charge in [0.1, 0.15) is 5.65 Å². The van der Waals surface area contributed by atoms with E-state index in [0.717, 1.165) is 46.6 Å². The van der Waals surface area contributed by atoms with E-state index in [-0.39, 0.29) is 5.91 Å². The van der Waals surface area contributed by atoms with Crippen LogP contribution in [0.4, 0.5) is 11.4 Å². The number of pyridine rings is 1. The Morgan fingerprint density at radius 1 is 1.10 bits per heavy atom. The van der Waals surface area contributed by atoms with E-state index in [1.807, 2.05) is 19.9 Å². The van der Waals surface area contributed by atoms with E-state index in [4.69, 9.17) is 0 Å². The summed E-state index contributed by atoms with van der Waals surface area (Å²) in [6.07, 6.45) is 4.20. The normalized spacial score (nSPS) is 13.9. The van der Waals surface area contributed by atoms with Crippen LogP contribution in [0.25, 0.3) is 22.3 Å². The maximum atomic E-state index is 12.5. The first-order valence-corrected chi connectivity index (χ1v) is 10.3. The molecule has 30 heavy (non-hydrogen) atoms. The number of aromatic nitrogens is 4. The van der Waals surface area contributed by atoms with Crippen LogP contribution in [0.15, 0.2) is 42.6 Å². The van der Waals surface area contributed by atoms with E-state index < -0.39 is 0 Å². The molecule has 1 aliphatic heterocycles. The number of benzene rings is 1. The molecule has 0 unspecified atom stereocenters. The second-order valence-corrected chi connectivity index (χ2v) is 7.86. The summed E-state index contributed by atoms with van der Waals surface area (Å²) in [5, 5.41) is 10.8. The van der Waals surface area contributed by atoms with Gasteiger partial charge in [-0.1, -0.05) is 12.1 Å². The topological polar surface area (TPSA) is 89.7 Å². The summed E-state index contributed by atoms with van der Waals surface area (Å²) in [7, 11) is 0. The summed E-state index contributed by atoms with van der Waals surface area (Å²) < 4.78 is 0. The number of hydrogen-bond acceptors (Lipinski definition) is 4. The molecule has 0 saturated carbocycles. The zero-order chi connectivity index (χ0) is 20.7. The number of aryl methyl sites for hydroxylation is 1. The number of amides is 1. The Labute approximate surface area is 174 Å². The van der Waals surface area contributed by atoms with Gasteiger partial charge < -0.3 is 15.2 Å². The van der Waals surface area contributed by atoms with Crippen LogP contribution in [0.5, 0.6) is 0 Å². The minimum Gasteiger partial charge on any atom is -0.372 e. The Hall–Kier alpha value is -3.61. The van der Waals surface area contributed by atoms with Crippen LogP contribution in [-0.4, -0.2) is 39.2 Å². The highest BCUT2D eigenvalue weighted by Gasteiger charge is 2.16. The molecule has 0 bridgehead atoms. The molecule has 3 aromatic heterocycles. The van der Waals surface area contributed by atoms with Gasteiger partial charge in [-0.05, 0) is 56.5 Å². The number of anilines is 2. The first-order chi connectivity index (χ1) is 14.6. The van der Waals surface area contributed by atoms with Gasteiger partial charge in [-0.15, -0.1) is 0 Å². The maximum absolute atomic E-state index is 12.5. The number of rotatable bonds is 4. The second-order valence-electron chi connectivity index (χ2n) is 7.86. The van der Waals surface area contributed by atoms with Crippen LogP contribution in [-0.2, 0) is 0 Å². The van der Waals surface area contributed by atoms with Crippen molar-refractivity contribution in [2.45, 2.75) is 26.7 Å². The molecule has 0 atom stereocenters. The zero-order valence-electron chi connectivity index (χ0n) is 17.1. The fourth-order valence-electron chi connectivity index (χ4n) is 3.96. The van der Waals surface area contributed by atoms with Crippen LogP contribution in [0, 0.1) is 13.8 Å². The summed E-state index contributed by atoms with van der Waals surface area (Å²) in [6.45, 7) is 6.05. The molecule has 4 aromatic rings. The van der Waals surface area contributed by atoms with Crippen molar-refractivity contribution in [1.82, 2.24) is 20.2 Å². The fraction of sp³-hybridized carbons (Fsp3) is 0.261. The number of fused-ring (bicyclic) bond motifs is 1. The number of carbonyl (C=O) groups excluding carboxylic acids is 1. The van der Waals surface area contributed by atoms with E-state index in [0.29, 0.717) is 11.4 Å². The number of H-pyrrole nitrogens is 2. The third kappa shape index (κ3) is 3.32. The van der Waals surface area contributed by atoms with Crippen LogP contribution < -0.4 is 10.2 Å². The number of hydrogen-bond donors (Lipinski definition) is 3. The van der Waals surface area contributed by atoms with E-state index >= 15 is 0 Å². The number of aromatic amines is 2. The standard InChI is InChI=1S/C23H24N6O/c1-14-15(2)27-28-21(14)23(30)25-18-11-17-12-20(26-22(17)24-13-18)16-5-7-19(8-6-16)29-9-3-4-10-29/h5-8,11-13H,3-4,9-10H2,1-2H3,(H,24,26)(H,25,30)(H,27,28). The molecule has 0 aliphatic carbocycles. The van der Waals surface area contributed by atoms with E-state index in [1.54, 1.807) is 6.20 Å². The van der Waals surface area contributed by atoms with E-state index in [2.05, 4.69) is 60.7 Å². The van der Waals surface area contributed by atoms with Gasteiger partial charge in [0.05, 0.1) is 11.9 Å². The molecule has 1 fully saturated rings. The monoisotopic (exact) mass is 400 g/mol. The molecule has 0 spiro atoms. The lowest BCUT2D eigenvalue weighted by atomic mass is 10.1. The molecule has 7 nitrogen and oxygen atoms in total. The van der Waals surface area contributed by atoms with Gasteiger partial charge in [0.25, 0.3) is 5.91 Å². The molecule has 3 N–H and O–H groups in total. The Morgan fingerprint density at radius 3 is 2.57 bits per heavy atom. The Bertz CT molecular complexity index is 1210. The average Bonchev–Trinajstić information content (AvgIpc) is 3.49. The lowest BCUT2D eigenvalue weighted by Crippen LogP contribution is -2.17. The average molecular weight is 400 g/mol. The van der Waals surface area contributed by atoms with Gasteiger partial charge in [-0.2, -0.15) is 5.10 Å². The molecule has 1 aliphatic rings. The lowest BCUT2D eigenvalue weighted by molar-refractivity contribution is 0.102. The quantitative estimate of drug-likeness (QED) is 0.473. The zero-order valence-corrected chi connectivity index (χ0v) is 17.1. The molecule has 7 heteroatoms. The van der Waals surface area contributed by atoms with Crippen molar-refractivity contribution < 1.29 is 4.79 Å². The largest absolute Gasteiger partial charge is 0.372 e. The Balaban J connectivity index is 1.37. The Kier molecular flexibility index (Phi) is 4.50. The molecule has 152 valence electrons. The summed E-state index contributed by atoms with van der Waals surface area (Å²) in [5.74, 6) is -0.244. The predicted octanol–water partition coefficient (Wildman–Crippen LogP) is 4.42. The number of carbonyl (C=O) groups is 1. The lowest BCUT2D eigenvalue weighted by Gasteiger charge is -2.17. The summed E-state index contributed by atoms with van der Waals surface area (Å²) in [6, 6.07) is 12.6. The summed E-state index contributed by atoms with van der Waals surface area (Å²) >= 11 is 0. The van der Waals surface area contributed by atoms with Crippen LogP contribution in [0.2, 0.25) is 0 Å². The molecule has 0 radical (unpaired) electrons. The Morgan fingerprint density at radius 2 is 1.87 bits per heavy atom. The highest BCUT2D eigenvalue weighted by Crippen LogP contribution is 2.28. The molecule has 1 amide bonds. The van der Waals surface area contributed by atoms with Crippen molar-refractivity contribution in [3.05, 3.63) is 59.5 Å². The van der Waals surface area contributed by atoms with Crippen molar-refractivity contribution in [3.8, 4) is 11.3 Å². The van der Waals surface area contributed by atoms with E-state index in [9.17, 15) is 4.79 Å². The third-order valence-corrected chi connectivity index (χ3v) is 5.85. The van der Waals surface area contributed by atoms with Crippen molar-refractivity contribution >= 4 is 28.3 Å². The van der Waals surface area contributed by atoms with Gasteiger partial charge in [0, 0.05) is 41.1 Å². The highest BCUT2D eigenvalue weighted by molar-refractivity contribution is 6.04. The summed E-state index contributed by atoms with van der Waals surface area (Å²) in [4.78, 5) is 22.8. The van der Waals surface area contributed by atoms with Crippen molar-refractivity contribution in [3.63, 3.8) is 0 Å². The first kappa shape index (κ1) is 18.4. The molecular formula is C23H24N6O. The second kappa shape index (κ2) is 7.33. The van der Waals surface area contributed by atoms with Crippen molar-refractivity contribution in [2.75, 3.05) is 23.3 Å².